The predicted octanol–water partition coefficient (Wildman–Crippen LogP) is -0.278. The lowest BCUT2D eigenvalue weighted by molar-refractivity contribution is 1.24. The molecule has 0 spiro atoms. The minimum atomic E-state index is 0.222. The van der Waals surface area contributed by atoms with E-state index in [1.165, 1.54) is 0 Å². The van der Waals surface area contributed by atoms with Crippen LogP contribution in [-0.4, -0.2) is 22.1 Å². The molecule has 0 aliphatic rings. The number of rotatable bonds is 2. The van der Waals surface area contributed by atoms with E-state index >= 15 is 0 Å². The van der Waals surface area contributed by atoms with Crippen LogP contribution < -0.4 is 5.73 Å². The van der Waals surface area contributed by atoms with Crippen LogP contribution >= 0.6 is 0 Å². The van der Waals surface area contributed by atoms with Gasteiger partial charge in [0.15, 0.2) is 11.7 Å². The van der Waals surface area contributed by atoms with E-state index in [9.17, 15) is 0 Å². The zero-order valence-corrected chi connectivity index (χ0v) is 5.20. The van der Waals surface area contributed by atoms with Crippen molar-refractivity contribution >= 4 is 12.2 Å². The number of H-pyrrole nitrogens is 1. The first-order valence-electron chi connectivity index (χ1n) is 2.66. The van der Waals surface area contributed by atoms with Crippen LogP contribution in [0, 0.1) is 5.41 Å². The monoisotopic (exact) mass is 137 g/mol. The Kier molecular flexibility index (Phi) is 1.79. The van der Waals surface area contributed by atoms with Gasteiger partial charge in [-0.25, -0.2) is 9.98 Å². The standard InChI is InChI=1S/C5H7N5/c6-3-10-4(7)5-8-1-2-9-5/h1-3H,(H,8,9)(H3,6,7,10). The number of nitrogens with one attached hydrogen (secondary N) is 2. The topological polar surface area (TPSA) is 90.9 Å². The maximum Gasteiger partial charge on any atom is 0.173 e. The summed E-state index contributed by atoms with van der Waals surface area (Å²) in [5.74, 6) is 0.712. The Hall–Kier alpha value is -1.65. The van der Waals surface area contributed by atoms with Gasteiger partial charge in [-0.1, -0.05) is 0 Å². The van der Waals surface area contributed by atoms with E-state index in [4.69, 9.17) is 11.1 Å². The summed E-state index contributed by atoms with van der Waals surface area (Å²) in [6.07, 6.45) is 4.08. The van der Waals surface area contributed by atoms with E-state index in [0.717, 1.165) is 6.34 Å². The quantitative estimate of drug-likeness (QED) is 0.386. The molecule has 4 N–H and O–H groups in total. The van der Waals surface area contributed by atoms with Gasteiger partial charge in [-0.2, -0.15) is 0 Å². The van der Waals surface area contributed by atoms with Crippen LogP contribution in [0.25, 0.3) is 0 Å². The van der Waals surface area contributed by atoms with E-state index < -0.39 is 0 Å². The molecule has 0 atom stereocenters. The van der Waals surface area contributed by atoms with Crippen molar-refractivity contribution in [2.75, 3.05) is 0 Å². The van der Waals surface area contributed by atoms with Gasteiger partial charge in [-0.05, 0) is 0 Å². The zero-order valence-electron chi connectivity index (χ0n) is 5.20. The van der Waals surface area contributed by atoms with Gasteiger partial charge in [0.2, 0.25) is 0 Å². The van der Waals surface area contributed by atoms with Gasteiger partial charge in [-0.15, -0.1) is 0 Å². The Morgan fingerprint density at radius 3 is 3.20 bits per heavy atom. The smallest absolute Gasteiger partial charge is 0.173 e. The summed E-state index contributed by atoms with van der Waals surface area (Å²) in [6, 6.07) is 0. The third-order valence-corrected chi connectivity index (χ3v) is 0.944. The second-order valence-corrected chi connectivity index (χ2v) is 1.58. The van der Waals surface area contributed by atoms with Crippen LogP contribution in [0.3, 0.4) is 0 Å². The molecule has 10 heavy (non-hydrogen) atoms. The summed E-state index contributed by atoms with van der Waals surface area (Å²) >= 11 is 0. The molecule has 0 amide bonds. The number of aromatic nitrogens is 2. The normalized spacial score (nSPS) is 11.4. The van der Waals surface area contributed by atoms with Gasteiger partial charge in [0.1, 0.15) is 6.34 Å². The maximum absolute atomic E-state index is 6.60. The summed E-state index contributed by atoms with van der Waals surface area (Å²) in [7, 11) is 0. The minimum absolute atomic E-state index is 0.222. The molecule has 0 bridgehead atoms. The van der Waals surface area contributed by atoms with Gasteiger partial charge in [-0.3, -0.25) is 5.41 Å². The number of aliphatic imine (C=N–C) groups is 1. The van der Waals surface area contributed by atoms with E-state index in [1.54, 1.807) is 12.4 Å². The molecule has 1 aromatic rings. The van der Waals surface area contributed by atoms with Crippen molar-refractivity contribution in [2.45, 2.75) is 0 Å². The number of nitrogens with two attached hydrogens (primary N) is 1. The number of nitrogens with zero attached hydrogens (tertiary/aromatic N) is 2. The van der Waals surface area contributed by atoms with Crippen molar-refractivity contribution in [3.05, 3.63) is 18.2 Å². The van der Waals surface area contributed by atoms with Gasteiger partial charge in [0.25, 0.3) is 0 Å². The fourth-order valence-electron chi connectivity index (χ4n) is 0.536. The van der Waals surface area contributed by atoms with Crippen molar-refractivity contribution in [2.24, 2.45) is 10.7 Å². The average Bonchev–Trinajstić information content (AvgIpc) is 2.38. The molecule has 0 radical (unpaired) electrons. The number of imidazole rings is 1. The van der Waals surface area contributed by atoms with Crippen molar-refractivity contribution in [1.82, 2.24) is 9.97 Å². The number of aromatic amines is 1. The highest BCUT2D eigenvalue weighted by Crippen LogP contribution is 1.85. The van der Waals surface area contributed by atoms with Crippen LogP contribution in [0.4, 0.5) is 0 Å². The molecular weight excluding hydrogens is 130 g/mol. The highest BCUT2D eigenvalue weighted by Gasteiger charge is 1.96. The largest absolute Gasteiger partial charge is 0.381 e. The fraction of sp³-hybridized carbons (Fsp3) is 0. The average molecular weight is 137 g/mol. The predicted molar refractivity (Wildman–Crippen MR) is 38.1 cm³/mol. The summed E-state index contributed by atoms with van der Waals surface area (Å²) in [5.41, 5.74) is 5.35. The van der Waals surface area contributed by atoms with Crippen LogP contribution in [0.2, 0.25) is 0 Å². The lowest BCUT2D eigenvalue weighted by Gasteiger charge is -1.89. The first kappa shape index (κ1) is 6.47. The molecule has 0 aliphatic heterocycles. The summed E-state index contributed by atoms with van der Waals surface area (Å²) in [4.78, 5) is 10.1. The van der Waals surface area contributed by atoms with Gasteiger partial charge < -0.3 is 10.7 Å². The number of hydrogen-bond donors (Lipinski definition) is 3. The van der Waals surface area contributed by atoms with E-state index in [-0.39, 0.29) is 5.84 Å². The van der Waals surface area contributed by atoms with Crippen molar-refractivity contribution in [3.8, 4) is 0 Å². The molecule has 5 heteroatoms. The number of hydrogen-bond acceptors (Lipinski definition) is 2. The highest BCUT2D eigenvalue weighted by molar-refractivity contribution is 5.97. The van der Waals surface area contributed by atoms with Crippen LogP contribution in [0.15, 0.2) is 17.4 Å². The molecule has 0 saturated carbocycles. The summed E-state index contributed by atoms with van der Waals surface area (Å²) in [5, 5.41) is 6.60. The van der Waals surface area contributed by atoms with Gasteiger partial charge in [0, 0.05) is 12.4 Å². The third kappa shape index (κ3) is 1.19. The molecular formula is C5H7N5. The third-order valence-electron chi connectivity index (χ3n) is 0.944. The Bertz CT molecular complexity index is 235. The van der Waals surface area contributed by atoms with Crippen LogP contribution in [0.1, 0.15) is 5.82 Å². The summed E-state index contributed by atoms with van der Waals surface area (Å²) < 4.78 is 0. The van der Waals surface area contributed by atoms with E-state index in [0.29, 0.717) is 5.82 Å². The first-order valence-corrected chi connectivity index (χ1v) is 2.66. The molecule has 0 unspecified atom stereocenters. The lowest BCUT2D eigenvalue weighted by atomic mass is 10.6. The SMILES string of the molecule is N=CN=C(N)c1ncc[nH]1. The molecule has 0 aromatic carbocycles. The molecule has 1 aromatic heterocycles. The van der Waals surface area contributed by atoms with E-state index in [2.05, 4.69) is 15.0 Å². The molecule has 1 rings (SSSR count). The Balaban J connectivity index is 2.86. The Morgan fingerprint density at radius 2 is 2.70 bits per heavy atom. The maximum atomic E-state index is 6.60. The summed E-state index contributed by atoms with van der Waals surface area (Å²) in [6.45, 7) is 0. The van der Waals surface area contributed by atoms with E-state index in [1.807, 2.05) is 0 Å². The lowest BCUT2D eigenvalue weighted by Crippen LogP contribution is -2.14. The van der Waals surface area contributed by atoms with Crippen molar-refractivity contribution in [1.29, 1.82) is 5.41 Å². The molecule has 5 nitrogen and oxygen atoms in total. The molecule has 0 saturated heterocycles. The van der Waals surface area contributed by atoms with Gasteiger partial charge >= 0.3 is 0 Å². The van der Waals surface area contributed by atoms with Crippen LogP contribution in [0.5, 0.6) is 0 Å². The minimum Gasteiger partial charge on any atom is -0.381 e. The van der Waals surface area contributed by atoms with Crippen molar-refractivity contribution < 1.29 is 0 Å². The fourth-order valence-corrected chi connectivity index (χ4v) is 0.536. The molecule has 1 heterocycles. The van der Waals surface area contributed by atoms with Crippen LogP contribution in [-0.2, 0) is 0 Å². The molecule has 0 aliphatic carbocycles. The molecule has 0 fully saturated rings. The Labute approximate surface area is 57.5 Å². The highest BCUT2D eigenvalue weighted by atomic mass is 15.0. The Morgan fingerprint density at radius 1 is 1.90 bits per heavy atom. The second-order valence-electron chi connectivity index (χ2n) is 1.58. The zero-order chi connectivity index (χ0) is 7.40. The number of amidine groups is 1. The first-order chi connectivity index (χ1) is 4.84. The van der Waals surface area contributed by atoms with Crippen molar-refractivity contribution in [3.63, 3.8) is 0 Å². The second kappa shape index (κ2) is 2.77. The van der Waals surface area contributed by atoms with Gasteiger partial charge in [0.05, 0.1) is 0 Å². The molecule has 52 valence electrons.